The van der Waals surface area contributed by atoms with Crippen molar-refractivity contribution in [2.24, 2.45) is 0 Å². The topological polar surface area (TPSA) is 12.5 Å². The van der Waals surface area contributed by atoms with Crippen LogP contribution in [0.4, 0.5) is 0 Å². The van der Waals surface area contributed by atoms with E-state index in [0.717, 1.165) is 18.2 Å². The summed E-state index contributed by atoms with van der Waals surface area (Å²) in [5, 5.41) is 0. The van der Waals surface area contributed by atoms with Crippen molar-refractivity contribution in [1.29, 1.82) is 0 Å². The molecule has 0 amide bonds. The molecule has 3 heteroatoms. The van der Waals surface area contributed by atoms with Gasteiger partial charge in [-0.3, -0.25) is 4.90 Å². The van der Waals surface area contributed by atoms with Crippen LogP contribution in [0.5, 0.6) is 5.75 Å². The molecule has 0 spiro atoms. The van der Waals surface area contributed by atoms with Crippen LogP contribution in [0, 0.1) is 6.92 Å². The molecule has 2 nitrogen and oxygen atoms in total. The molecule has 0 radical (unpaired) electrons. The second-order valence-electron chi connectivity index (χ2n) is 7.83. The van der Waals surface area contributed by atoms with Gasteiger partial charge in [-0.15, -0.1) is 0 Å². The molecule has 0 atom stereocenters. The van der Waals surface area contributed by atoms with E-state index < -0.39 is 0 Å². The number of nitrogens with zero attached hydrogens (tertiary/aromatic N) is 1. The molecule has 3 aromatic carbocycles. The maximum Gasteiger partial charge on any atom is 0.118 e. The third-order valence-corrected chi connectivity index (χ3v) is 6.86. The smallest absolute Gasteiger partial charge is 0.118 e. The van der Waals surface area contributed by atoms with E-state index in [0.29, 0.717) is 0 Å². The zero-order chi connectivity index (χ0) is 20.1. The Morgan fingerprint density at radius 1 is 0.862 bits per heavy atom. The average Bonchev–Trinajstić information content (AvgIpc) is 2.77. The number of methoxy groups -OCH3 is 1. The van der Waals surface area contributed by atoms with Crippen LogP contribution >= 0.6 is 11.8 Å². The highest BCUT2D eigenvalue weighted by atomic mass is 32.2. The lowest BCUT2D eigenvalue weighted by atomic mass is 9.87. The third-order valence-electron chi connectivity index (χ3n) is 5.84. The van der Waals surface area contributed by atoms with E-state index in [1.807, 2.05) is 12.1 Å². The van der Waals surface area contributed by atoms with Gasteiger partial charge in [-0.2, -0.15) is 0 Å². The molecule has 1 aliphatic heterocycles. The molecule has 0 saturated carbocycles. The second-order valence-corrected chi connectivity index (χ2v) is 8.98. The number of piperidine rings is 1. The van der Waals surface area contributed by atoms with Crippen molar-refractivity contribution in [3.05, 3.63) is 89.5 Å². The lowest BCUT2D eigenvalue weighted by molar-refractivity contribution is 0.204. The van der Waals surface area contributed by atoms with E-state index in [-0.39, 0.29) is 0 Å². The maximum atomic E-state index is 5.23. The molecular weight excluding hydrogens is 374 g/mol. The van der Waals surface area contributed by atoms with Crippen LogP contribution in [-0.2, 0) is 6.54 Å². The standard InChI is InChI=1S/C26H29NOS/c1-20-5-3-4-6-26(20)22-15-17-27(18-16-22)19-21-7-11-24(12-8-21)29-25-13-9-23(28-2)10-14-25/h3-14,22H,15-19H2,1-2H3. The van der Waals surface area contributed by atoms with Gasteiger partial charge in [0.15, 0.2) is 0 Å². The Balaban J connectivity index is 1.29. The number of ether oxygens (including phenoxy) is 1. The summed E-state index contributed by atoms with van der Waals surface area (Å²) in [5.74, 6) is 1.62. The molecule has 1 fully saturated rings. The minimum atomic E-state index is 0.718. The highest BCUT2D eigenvalue weighted by Gasteiger charge is 2.21. The molecule has 0 aliphatic carbocycles. The highest BCUT2D eigenvalue weighted by molar-refractivity contribution is 7.99. The zero-order valence-corrected chi connectivity index (χ0v) is 18.1. The molecule has 4 rings (SSSR count). The quantitative estimate of drug-likeness (QED) is 0.464. The van der Waals surface area contributed by atoms with Gasteiger partial charge < -0.3 is 4.74 Å². The number of benzene rings is 3. The summed E-state index contributed by atoms with van der Waals surface area (Å²) in [5.41, 5.74) is 4.39. The minimum Gasteiger partial charge on any atom is -0.497 e. The molecule has 1 aliphatic rings. The Morgan fingerprint density at radius 3 is 2.10 bits per heavy atom. The Bertz CT molecular complexity index is 912. The summed E-state index contributed by atoms with van der Waals surface area (Å²) >= 11 is 1.79. The predicted molar refractivity (Wildman–Crippen MR) is 122 cm³/mol. The van der Waals surface area contributed by atoms with Gasteiger partial charge in [0.1, 0.15) is 5.75 Å². The first-order valence-electron chi connectivity index (χ1n) is 10.4. The van der Waals surface area contributed by atoms with E-state index in [2.05, 4.69) is 72.5 Å². The van der Waals surface area contributed by atoms with Crippen molar-refractivity contribution in [1.82, 2.24) is 4.90 Å². The molecule has 0 unspecified atom stereocenters. The van der Waals surface area contributed by atoms with Crippen molar-refractivity contribution >= 4 is 11.8 Å². The van der Waals surface area contributed by atoms with Crippen LogP contribution < -0.4 is 4.74 Å². The second kappa shape index (κ2) is 9.51. The first-order chi connectivity index (χ1) is 14.2. The van der Waals surface area contributed by atoms with Crippen LogP contribution in [-0.4, -0.2) is 25.1 Å². The summed E-state index contributed by atoms with van der Waals surface area (Å²) < 4.78 is 5.23. The molecule has 3 aromatic rings. The first-order valence-corrected chi connectivity index (χ1v) is 11.2. The van der Waals surface area contributed by atoms with E-state index in [1.54, 1.807) is 24.4 Å². The van der Waals surface area contributed by atoms with Crippen molar-refractivity contribution in [2.45, 2.75) is 42.0 Å². The monoisotopic (exact) mass is 403 g/mol. The van der Waals surface area contributed by atoms with Crippen molar-refractivity contribution in [2.75, 3.05) is 20.2 Å². The van der Waals surface area contributed by atoms with Gasteiger partial charge in [0.25, 0.3) is 0 Å². The fourth-order valence-electron chi connectivity index (χ4n) is 4.15. The van der Waals surface area contributed by atoms with Gasteiger partial charge in [0, 0.05) is 16.3 Å². The lowest BCUT2D eigenvalue weighted by Gasteiger charge is -2.32. The molecule has 150 valence electrons. The molecular formula is C26H29NOS. The van der Waals surface area contributed by atoms with Gasteiger partial charge in [-0.25, -0.2) is 0 Å². The van der Waals surface area contributed by atoms with E-state index in [9.17, 15) is 0 Å². The number of aryl methyl sites for hydroxylation is 1. The highest BCUT2D eigenvalue weighted by Crippen LogP contribution is 2.32. The van der Waals surface area contributed by atoms with Gasteiger partial charge in [-0.1, -0.05) is 48.2 Å². The van der Waals surface area contributed by atoms with E-state index in [1.165, 1.54) is 46.8 Å². The molecule has 1 heterocycles. The Kier molecular flexibility index (Phi) is 6.58. The van der Waals surface area contributed by atoms with Gasteiger partial charge >= 0.3 is 0 Å². The van der Waals surface area contributed by atoms with Gasteiger partial charge in [0.05, 0.1) is 7.11 Å². The predicted octanol–water partition coefficient (Wildman–Crippen LogP) is 6.53. The Hall–Kier alpha value is -2.23. The Labute approximate surface area is 178 Å². The van der Waals surface area contributed by atoms with Crippen molar-refractivity contribution in [3.63, 3.8) is 0 Å². The third kappa shape index (κ3) is 5.23. The summed E-state index contributed by atoms with van der Waals surface area (Å²) in [6.07, 6.45) is 2.52. The summed E-state index contributed by atoms with van der Waals surface area (Å²) in [6.45, 7) is 5.66. The fourth-order valence-corrected chi connectivity index (χ4v) is 4.96. The summed E-state index contributed by atoms with van der Waals surface area (Å²) in [7, 11) is 1.70. The fraction of sp³-hybridized carbons (Fsp3) is 0.308. The first kappa shape index (κ1) is 20.1. The Morgan fingerprint density at radius 2 is 1.48 bits per heavy atom. The summed E-state index contributed by atoms with van der Waals surface area (Å²) in [4.78, 5) is 5.11. The van der Waals surface area contributed by atoms with Crippen LogP contribution in [0.1, 0.15) is 35.4 Å². The molecule has 0 bridgehead atoms. The van der Waals surface area contributed by atoms with Crippen LogP contribution in [0.15, 0.2) is 82.6 Å². The zero-order valence-electron chi connectivity index (χ0n) is 17.3. The number of hydrogen-bond donors (Lipinski definition) is 0. The molecule has 0 aromatic heterocycles. The minimum absolute atomic E-state index is 0.718. The summed E-state index contributed by atoms with van der Waals surface area (Å²) in [6, 6.07) is 26.2. The molecule has 0 N–H and O–H groups in total. The molecule has 29 heavy (non-hydrogen) atoms. The number of hydrogen-bond acceptors (Lipinski definition) is 3. The molecule has 1 saturated heterocycles. The number of likely N-dealkylation sites (tertiary alicyclic amines) is 1. The van der Waals surface area contributed by atoms with Gasteiger partial charge in [-0.05, 0) is 91.9 Å². The maximum absolute atomic E-state index is 5.23. The average molecular weight is 404 g/mol. The lowest BCUT2D eigenvalue weighted by Crippen LogP contribution is -2.32. The largest absolute Gasteiger partial charge is 0.497 e. The van der Waals surface area contributed by atoms with Crippen molar-refractivity contribution < 1.29 is 4.74 Å². The van der Waals surface area contributed by atoms with Crippen molar-refractivity contribution in [3.8, 4) is 5.75 Å². The number of rotatable bonds is 6. The van der Waals surface area contributed by atoms with Gasteiger partial charge in [0.2, 0.25) is 0 Å². The normalized spacial score (nSPS) is 15.4. The van der Waals surface area contributed by atoms with E-state index in [4.69, 9.17) is 4.74 Å². The van der Waals surface area contributed by atoms with Crippen LogP contribution in [0.25, 0.3) is 0 Å². The van der Waals surface area contributed by atoms with E-state index >= 15 is 0 Å². The van der Waals surface area contributed by atoms with Crippen LogP contribution in [0.3, 0.4) is 0 Å². The van der Waals surface area contributed by atoms with Crippen LogP contribution in [0.2, 0.25) is 0 Å². The SMILES string of the molecule is COc1ccc(Sc2ccc(CN3CCC(c4ccccc4C)CC3)cc2)cc1.